The fourth-order valence-corrected chi connectivity index (χ4v) is 4.85. The Morgan fingerprint density at radius 3 is 2.36 bits per heavy atom. The number of halogens is 1. The molecule has 1 atom stereocenters. The summed E-state index contributed by atoms with van der Waals surface area (Å²) in [5, 5.41) is 16.4. The third kappa shape index (κ3) is 4.94. The van der Waals surface area contributed by atoms with E-state index in [9.17, 15) is 14.7 Å². The average Bonchev–Trinajstić information content (AvgIpc) is 3.40. The van der Waals surface area contributed by atoms with E-state index in [1.54, 1.807) is 33.8 Å². The van der Waals surface area contributed by atoms with Crippen LogP contribution in [0.5, 0.6) is 0 Å². The Labute approximate surface area is 216 Å². The van der Waals surface area contributed by atoms with Crippen molar-refractivity contribution < 1.29 is 14.7 Å². The molecule has 4 rings (SSSR count). The number of nitrogens with zero attached hydrogens (tertiary/aromatic N) is 4. The van der Waals surface area contributed by atoms with Crippen LogP contribution in [0, 0.1) is 6.92 Å². The number of carbonyl (C=O) groups excluding carboxylic acids is 2. The Morgan fingerprint density at radius 1 is 1.06 bits per heavy atom. The predicted molar refractivity (Wildman–Crippen MR) is 141 cm³/mol. The third-order valence-corrected chi connectivity index (χ3v) is 7.01. The van der Waals surface area contributed by atoms with Gasteiger partial charge in [0.2, 0.25) is 0 Å². The van der Waals surface area contributed by atoms with Gasteiger partial charge in [-0.1, -0.05) is 55.8 Å². The maximum Gasteiger partial charge on any atom is 0.295 e. The van der Waals surface area contributed by atoms with Crippen molar-refractivity contribution in [2.24, 2.45) is 0 Å². The van der Waals surface area contributed by atoms with Gasteiger partial charge in [-0.3, -0.25) is 9.59 Å². The molecule has 1 amide bonds. The molecule has 1 aliphatic heterocycles. The van der Waals surface area contributed by atoms with Crippen molar-refractivity contribution >= 4 is 29.1 Å². The summed E-state index contributed by atoms with van der Waals surface area (Å²) in [7, 11) is 0. The number of carbonyl (C=O) groups is 2. The molecule has 1 unspecified atom stereocenters. The zero-order valence-electron chi connectivity index (χ0n) is 20.8. The summed E-state index contributed by atoms with van der Waals surface area (Å²) < 4.78 is 1.70. The van der Waals surface area contributed by atoms with Crippen LogP contribution in [0.25, 0.3) is 11.4 Å². The number of para-hydroxylation sites is 1. The number of aliphatic hydroxyl groups excluding tert-OH is 1. The second-order valence-electron chi connectivity index (χ2n) is 8.82. The molecule has 1 aromatic heterocycles. The number of rotatable bonds is 9. The third-order valence-electron chi connectivity index (χ3n) is 6.76. The SMILES string of the molecule is CCN(CC)CCCN1C(=O)C(=O)C(=C(O)c2cnn(-c3ccccc3)c2C)C1c1ccc(Cl)cc1. The highest BCUT2D eigenvalue weighted by atomic mass is 35.5. The average molecular weight is 507 g/mol. The number of hydrogen-bond donors (Lipinski definition) is 1. The number of benzene rings is 2. The van der Waals surface area contributed by atoms with Gasteiger partial charge < -0.3 is 14.9 Å². The van der Waals surface area contributed by atoms with E-state index in [1.807, 2.05) is 37.3 Å². The first-order chi connectivity index (χ1) is 17.4. The number of amides is 1. The van der Waals surface area contributed by atoms with Crippen LogP contribution in [0.1, 0.15) is 43.1 Å². The Kier molecular flexibility index (Phi) is 7.91. The van der Waals surface area contributed by atoms with E-state index in [0.29, 0.717) is 29.2 Å². The molecular formula is C28H31ClN4O3. The van der Waals surface area contributed by atoms with E-state index in [0.717, 1.165) is 30.9 Å². The van der Waals surface area contributed by atoms with E-state index >= 15 is 0 Å². The lowest BCUT2D eigenvalue weighted by Crippen LogP contribution is -2.33. The van der Waals surface area contributed by atoms with Gasteiger partial charge in [-0.2, -0.15) is 5.10 Å². The van der Waals surface area contributed by atoms with E-state index in [2.05, 4.69) is 23.8 Å². The summed E-state index contributed by atoms with van der Waals surface area (Å²) in [6.45, 7) is 9.07. The zero-order chi connectivity index (χ0) is 25.8. The first-order valence-electron chi connectivity index (χ1n) is 12.2. The number of aliphatic hydroxyl groups is 1. The van der Waals surface area contributed by atoms with Crippen molar-refractivity contribution in [2.75, 3.05) is 26.2 Å². The molecule has 0 spiro atoms. The highest BCUT2D eigenvalue weighted by Crippen LogP contribution is 2.40. The van der Waals surface area contributed by atoms with Gasteiger partial charge in [-0.25, -0.2) is 4.68 Å². The Bertz CT molecular complexity index is 1260. The lowest BCUT2D eigenvalue weighted by molar-refractivity contribution is -0.140. The monoisotopic (exact) mass is 506 g/mol. The van der Waals surface area contributed by atoms with Crippen molar-refractivity contribution in [1.29, 1.82) is 0 Å². The molecule has 1 fully saturated rings. The fraction of sp³-hybridized carbons (Fsp3) is 0.321. The van der Waals surface area contributed by atoms with Gasteiger partial charge in [0.05, 0.1) is 34.8 Å². The number of likely N-dealkylation sites (tertiary alicyclic amines) is 1. The Balaban J connectivity index is 1.76. The van der Waals surface area contributed by atoms with Gasteiger partial charge in [-0.05, 0) is 62.8 Å². The van der Waals surface area contributed by atoms with Crippen molar-refractivity contribution in [1.82, 2.24) is 19.6 Å². The minimum absolute atomic E-state index is 0.0703. The van der Waals surface area contributed by atoms with E-state index in [-0.39, 0.29) is 11.3 Å². The topological polar surface area (TPSA) is 78.7 Å². The maximum atomic E-state index is 13.3. The first kappa shape index (κ1) is 25.7. The molecular weight excluding hydrogens is 476 g/mol. The van der Waals surface area contributed by atoms with Gasteiger partial charge in [-0.15, -0.1) is 0 Å². The smallest absolute Gasteiger partial charge is 0.295 e. The second kappa shape index (κ2) is 11.1. The molecule has 188 valence electrons. The van der Waals surface area contributed by atoms with E-state index in [1.165, 1.54) is 6.20 Å². The van der Waals surface area contributed by atoms with Crippen molar-refractivity contribution in [3.8, 4) is 5.69 Å². The van der Waals surface area contributed by atoms with E-state index < -0.39 is 17.7 Å². The van der Waals surface area contributed by atoms with Gasteiger partial charge in [0.25, 0.3) is 11.7 Å². The largest absolute Gasteiger partial charge is 0.507 e. The standard InChI is InChI=1S/C28H31ClN4O3/c1-4-31(5-2)16-9-17-32-25(20-12-14-21(29)15-13-20)24(27(35)28(32)36)26(34)23-18-30-33(19(23)3)22-10-7-6-8-11-22/h6-8,10-15,18,25,34H,4-5,9,16-17H2,1-3H3. The van der Waals surface area contributed by atoms with Crippen LogP contribution < -0.4 is 0 Å². The van der Waals surface area contributed by atoms with Crippen LogP contribution in [0.3, 0.4) is 0 Å². The summed E-state index contributed by atoms with van der Waals surface area (Å²) in [6.07, 6.45) is 2.24. The molecule has 1 aliphatic rings. The summed E-state index contributed by atoms with van der Waals surface area (Å²) >= 11 is 6.11. The second-order valence-corrected chi connectivity index (χ2v) is 9.25. The molecule has 2 aromatic carbocycles. The first-order valence-corrected chi connectivity index (χ1v) is 12.6. The lowest BCUT2D eigenvalue weighted by Gasteiger charge is -2.26. The minimum Gasteiger partial charge on any atom is -0.507 e. The number of Topliss-reactive ketones (excluding diaryl/α,β-unsaturated/α-hetero) is 1. The lowest BCUT2D eigenvalue weighted by atomic mass is 9.95. The van der Waals surface area contributed by atoms with Gasteiger partial charge in [0.1, 0.15) is 5.76 Å². The van der Waals surface area contributed by atoms with Gasteiger partial charge in [0, 0.05) is 11.6 Å². The van der Waals surface area contributed by atoms with Crippen LogP contribution in [0.4, 0.5) is 0 Å². The molecule has 1 saturated heterocycles. The zero-order valence-corrected chi connectivity index (χ0v) is 21.6. The summed E-state index contributed by atoms with van der Waals surface area (Å²) in [5.41, 5.74) is 2.71. The molecule has 0 bridgehead atoms. The molecule has 8 heteroatoms. The highest BCUT2D eigenvalue weighted by Gasteiger charge is 2.46. The molecule has 7 nitrogen and oxygen atoms in total. The van der Waals surface area contributed by atoms with Gasteiger partial charge in [0.15, 0.2) is 0 Å². The summed E-state index contributed by atoms with van der Waals surface area (Å²) in [5.74, 6) is -1.52. The van der Waals surface area contributed by atoms with E-state index in [4.69, 9.17) is 11.6 Å². The molecule has 36 heavy (non-hydrogen) atoms. The summed E-state index contributed by atoms with van der Waals surface area (Å²) in [4.78, 5) is 30.3. The number of hydrogen-bond acceptors (Lipinski definition) is 5. The van der Waals surface area contributed by atoms with Crippen LogP contribution in [-0.4, -0.2) is 62.6 Å². The van der Waals surface area contributed by atoms with Crippen molar-refractivity contribution in [2.45, 2.75) is 33.2 Å². The summed E-state index contributed by atoms with van der Waals surface area (Å²) in [6, 6.07) is 15.9. The molecule has 0 radical (unpaired) electrons. The predicted octanol–water partition coefficient (Wildman–Crippen LogP) is 4.99. The molecule has 1 N–H and O–H groups in total. The number of ketones is 1. The van der Waals surface area contributed by atoms with Crippen molar-refractivity contribution in [3.05, 3.63) is 88.2 Å². The highest BCUT2D eigenvalue weighted by molar-refractivity contribution is 6.46. The molecule has 0 aliphatic carbocycles. The Hall–Kier alpha value is -3.42. The van der Waals surface area contributed by atoms with Crippen LogP contribution in [-0.2, 0) is 9.59 Å². The van der Waals surface area contributed by atoms with Crippen LogP contribution >= 0.6 is 11.6 Å². The maximum absolute atomic E-state index is 13.3. The fourth-order valence-electron chi connectivity index (χ4n) is 4.72. The molecule has 2 heterocycles. The normalized spacial score (nSPS) is 17.4. The van der Waals surface area contributed by atoms with Crippen LogP contribution in [0.15, 0.2) is 66.4 Å². The van der Waals surface area contributed by atoms with Gasteiger partial charge >= 0.3 is 0 Å². The number of aromatic nitrogens is 2. The molecule has 0 saturated carbocycles. The molecule has 3 aromatic rings. The van der Waals surface area contributed by atoms with Crippen molar-refractivity contribution in [3.63, 3.8) is 0 Å². The van der Waals surface area contributed by atoms with Crippen LogP contribution in [0.2, 0.25) is 5.02 Å². The Morgan fingerprint density at radius 2 is 1.72 bits per heavy atom. The minimum atomic E-state index is -0.710. The quantitative estimate of drug-likeness (QED) is 0.251.